The number of hydrogen-bond donors (Lipinski definition) is 2. The minimum atomic E-state index is -0.286. The largest absolute Gasteiger partial charge is 0.454 e. The number of halogens is 1. The standard InChI is InChI=1S/C20H19ClN2O4/c21-13-3-1-12(2-4-13)7-8-22-19(24)15-10-16(15)20(25)23-14-5-6-17-18(9-14)27-11-26-17/h1-6,9,15-16H,7-8,10-11H2,(H,22,24)(H,23,25). The minimum absolute atomic E-state index is 0.0743. The second-order valence-electron chi connectivity index (χ2n) is 6.67. The van der Waals surface area contributed by atoms with Gasteiger partial charge in [0, 0.05) is 23.3 Å². The van der Waals surface area contributed by atoms with Gasteiger partial charge in [-0.2, -0.15) is 0 Å². The van der Waals surface area contributed by atoms with Gasteiger partial charge < -0.3 is 20.1 Å². The molecule has 4 rings (SSSR count). The zero-order valence-corrected chi connectivity index (χ0v) is 15.3. The molecule has 2 aromatic carbocycles. The quantitative estimate of drug-likeness (QED) is 0.800. The summed E-state index contributed by atoms with van der Waals surface area (Å²) in [6, 6.07) is 12.8. The Kier molecular flexibility index (Phi) is 4.90. The number of amides is 2. The van der Waals surface area contributed by atoms with Crippen LogP contribution in [-0.4, -0.2) is 25.2 Å². The summed E-state index contributed by atoms with van der Waals surface area (Å²) in [6.07, 6.45) is 1.30. The van der Waals surface area contributed by atoms with E-state index in [4.69, 9.17) is 21.1 Å². The van der Waals surface area contributed by atoms with E-state index in [0.29, 0.717) is 35.2 Å². The number of anilines is 1. The van der Waals surface area contributed by atoms with Crippen molar-refractivity contribution in [1.29, 1.82) is 0 Å². The van der Waals surface area contributed by atoms with Gasteiger partial charge in [0.1, 0.15) is 0 Å². The summed E-state index contributed by atoms with van der Waals surface area (Å²) in [5.74, 6) is 0.508. The van der Waals surface area contributed by atoms with E-state index >= 15 is 0 Å². The number of carbonyl (C=O) groups is 2. The molecular formula is C20H19ClN2O4. The molecule has 27 heavy (non-hydrogen) atoms. The lowest BCUT2D eigenvalue weighted by atomic mass is 10.1. The highest BCUT2D eigenvalue weighted by atomic mass is 35.5. The summed E-state index contributed by atoms with van der Waals surface area (Å²) < 4.78 is 10.5. The van der Waals surface area contributed by atoms with Crippen LogP contribution >= 0.6 is 11.6 Å². The average molecular weight is 387 g/mol. The van der Waals surface area contributed by atoms with Gasteiger partial charge in [-0.25, -0.2) is 0 Å². The van der Waals surface area contributed by atoms with Crippen molar-refractivity contribution in [2.24, 2.45) is 11.8 Å². The van der Waals surface area contributed by atoms with Gasteiger partial charge in [0.2, 0.25) is 18.6 Å². The van der Waals surface area contributed by atoms with Crippen LogP contribution in [0.4, 0.5) is 5.69 Å². The van der Waals surface area contributed by atoms with Crippen molar-refractivity contribution in [3.8, 4) is 11.5 Å². The van der Waals surface area contributed by atoms with Crippen molar-refractivity contribution in [3.05, 3.63) is 53.1 Å². The van der Waals surface area contributed by atoms with E-state index in [2.05, 4.69) is 10.6 Å². The Morgan fingerprint density at radius 1 is 1.00 bits per heavy atom. The summed E-state index contributed by atoms with van der Waals surface area (Å²) in [5, 5.41) is 6.43. The van der Waals surface area contributed by atoms with E-state index in [9.17, 15) is 9.59 Å². The molecule has 0 spiro atoms. The second-order valence-corrected chi connectivity index (χ2v) is 7.11. The first kappa shape index (κ1) is 17.7. The van der Waals surface area contributed by atoms with Crippen LogP contribution in [0.5, 0.6) is 11.5 Å². The predicted molar refractivity (Wildman–Crippen MR) is 101 cm³/mol. The molecule has 0 saturated heterocycles. The van der Waals surface area contributed by atoms with E-state index in [1.165, 1.54) is 0 Å². The van der Waals surface area contributed by atoms with Crippen LogP contribution in [0.3, 0.4) is 0 Å². The monoisotopic (exact) mass is 386 g/mol. The van der Waals surface area contributed by atoms with Crippen LogP contribution in [0, 0.1) is 11.8 Å². The molecule has 2 amide bonds. The zero-order valence-electron chi connectivity index (χ0n) is 14.5. The summed E-state index contributed by atoms with van der Waals surface area (Å²) in [5.41, 5.74) is 1.74. The smallest absolute Gasteiger partial charge is 0.231 e. The van der Waals surface area contributed by atoms with Crippen molar-refractivity contribution in [3.63, 3.8) is 0 Å². The van der Waals surface area contributed by atoms with Gasteiger partial charge in [0.15, 0.2) is 11.5 Å². The molecule has 2 unspecified atom stereocenters. The van der Waals surface area contributed by atoms with Gasteiger partial charge >= 0.3 is 0 Å². The summed E-state index contributed by atoms with van der Waals surface area (Å²) in [6.45, 7) is 0.723. The molecule has 1 aliphatic carbocycles. The lowest BCUT2D eigenvalue weighted by Crippen LogP contribution is -2.29. The van der Waals surface area contributed by atoms with Gasteiger partial charge in [0.05, 0.1) is 11.8 Å². The van der Waals surface area contributed by atoms with E-state index in [1.807, 2.05) is 24.3 Å². The van der Waals surface area contributed by atoms with Crippen molar-refractivity contribution in [1.82, 2.24) is 5.32 Å². The Hall–Kier alpha value is -2.73. The number of hydrogen-bond acceptors (Lipinski definition) is 4. The van der Waals surface area contributed by atoms with Gasteiger partial charge in [-0.3, -0.25) is 9.59 Å². The normalized spacial score (nSPS) is 19.4. The Morgan fingerprint density at radius 3 is 2.56 bits per heavy atom. The summed E-state index contributed by atoms with van der Waals surface area (Å²) in [4.78, 5) is 24.6. The number of rotatable bonds is 6. The molecule has 1 saturated carbocycles. The molecule has 1 heterocycles. The number of nitrogens with one attached hydrogen (secondary N) is 2. The van der Waals surface area contributed by atoms with Gasteiger partial charge in [-0.15, -0.1) is 0 Å². The first-order valence-corrected chi connectivity index (χ1v) is 9.20. The molecule has 2 aromatic rings. The first-order valence-electron chi connectivity index (χ1n) is 8.83. The summed E-state index contributed by atoms with van der Waals surface area (Å²) in [7, 11) is 0. The summed E-state index contributed by atoms with van der Waals surface area (Å²) >= 11 is 5.86. The molecule has 1 fully saturated rings. The predicted octanol–water partition coefficient (Wildman–Crippen LogP) is 3.00. The number of ether oxygens (including phenoxy) is 2. The third-order valence-corrected chi connectivity index (χ3v) is 4.98. The first-order chi connectivity index (χ1) is 13.1. The van der Waals surface area contributed by atoms with Crippen LogP contribution in [0.25, 0.3) is 0 Å². The molecule has 7 heteroatoms. The molecule has 0 bridgehead atoms. The van der Waals surface area contributed by atoms with Crippen molar-refractivity contribution in [2.75, 3.05) is 18.7 Å². The van der Waals surface area contributed by atoms with E-state index in [1.54, 1.807) is 18.2 Å². The van der Waals surface area contributed by atoms with Gasteiger partial charge in [0.25, 0.3) is 0 Å². The van der Waals surface area contributed by atoms with Crippen LogP contribution in [-0.2, 0) is 16.0 Å². The fourth-order valence-electron chi connectivity index (χ4n) is 3.10. The van der Waals surface area contributed by atoms with Crippen LogP contribution < -0.4 is 20.1 Å². The SMILES string of the molecule is O=C(NCCc1ccc(Cl)cc1)C1CC1C(=O)Nc1ccc2c(c1)OCO2. The van der Waals surface area contributed by atoms with Crippen LogP contribution in [0.15, 0.2) is 42.5 Å². The zero-order chi connectivity index (χ0) is 18.8. The molecule has 2 N–H and O–H groups in total. The molecule has 140 valence electrons. The molecular weight excluding hydrogens is 368 g/mol. The lowest BCUT2D eigenvalue weighted by Gasteiger charge is -2.07. The molecule has 1 aliphatic heterocycles. The highest BCUT2D eigenvalue weighted by molar-refractivity contribution is 6.30. The number of benzene rings is 2. The lowest BCUT2D eigenvalue weighted by molar-refractivity contribution is -0.125. The molecule has 0 aromatic heterocycles. The molecule has 0 radical (unpaired) electrons. The highest BCUT2D eigenvalue weighted by Crippen LogP contribution is 2.40. The van der Waals surface area contributed by atoms with Gasteiger partial charge in [-0.05, 0) is 42.7 Å². The second kappa shape index (κ2) is 7.48. The fraction of sp³-hybridized carbons (Fsp3) is 0.300. The molecule has 2 atom stereocenters. The average Bonchev–Trinajstić information content (AvgIpc) is 3.34. The topological polar surface area (TPSA) is 76.7 Å². The van der Waals surface area contributed by atoms with Crippen LogP contribution in [0.2, 0.25) is 5.02 Å². The number of fused-ring (bicyclic) bond motifs is 1. The van der Waals surface area contributed by atoms with Crippen molar-refractivity contribution >= 4 is 29.1 Å². The maximum atomic E-state index is 12.3. The third-order valence-electron chi connectivity index (χ3n) is 4.73. The third kappa shape index (κ3) is 4.17. The van der Waals surface area contributed by atoms with E-state index < -0.39 is 0 Å². The van der Waals surface area contributed by atoms with Gasteiger partial charge in [-0.1, -0.05) is 23.7 Å². The molecule has 2 aliphatic rings. The van der Waals surface area contributed by atoms with Crippen molar-refractivity contribution in [2.45, 2.75) is 12.8 Å². The Bertz CT molecular complexity index is 869. The Morgan fingerprint density at radius 2 is 1.74 bits per heavy atom. The van der Waals surface area contributed by atoms with E-state index in [0.717, 1.165) is 12.0 Å². The maximum absolute atomic E-state index is 12.3. The maximum Gasteiger partial charge on any atom is 0.231 e. The van der Waals surface area contributed by atoms with Crippen LogP contribution in [0.1, 0.15) is 12.0 Å². The number of carbonyl (C=O) groups excluding carboxylic acids is 2. The Balaban J connectivity index is 1.23. The van der Waals surface area contributed by atoms with E-state index in [-0.39, 0.29) is 30.4 Å². The fourth-order valence-corrected chi connectivity index (χ4v) is 3.22. The minimum Gasteiger partial charge on any atom is -0.454 e. The highest BCUT2D eigenvalue weighted by Gasteiger charge is 2.47. The van der Waals surface area contributed by atoms with Crippen molar-refractivity contribution < 1.29 is 19.1 Å². The Labute approximate surface area is 161 Å². The molecule has 6 nitrogen and oxygen atoms in total.